The molecule has 0 aliphatic carbocycles. The largest absolute Gasteiger partial charge is 0.478 e. The fraction of sp³-hybridized carbons (Fsp3) is 0.462. The standard InChI is InChI=1S/C13H17N3O3S/c1-7(4-5-17)20-11-9(13(18)19)6-14-12-10(11)8(2)15-16(12)3/h6-7,17H,4-5H2,1-3H3,(H,18,19). The number of carboxylic acid groups (broad SMARTS) is 1. The second kappa shape index (κ2) is 5.80. The number of thioether (sulfide) groups is 1. The number of carboxylic acids is 1. The number of aromatic nitrogens is 3. The van der Waals surface area contributed by atoms with E-state index in [-0.39, 0.29) is 17.4 Å². The van der Waals surface area contributed by atoms with Crippen LogP contribution in [0, 0.1) is 6.92 Å². The Morgan fingerprint density at radius 2 is 2.25 bits per heavy atom. The van der Waals surface area contributed by atoms with Gasteiger partial charge in [-0.3, -0.25) is 4.68 Å². The Kier molecular flexibility index (Phi) is 4.29. The van der Waals surface area contributed by atoms with Crippen LogP contribution >= 0.6 is 11.8 Å². The maximum atomic E-state index is 11.4. The van der Waals surface area contributed by atoms with Crippen LogP contribution in [0.15, 0.2) is 11.1 Å². The van der Waals surface area contributed by atoms with E-state index in [2.05, 4.69) is 10.1 Å². The van der Waals surface area contributed by atoms with Crippen molar-refractivity contribution in [2.75, 3.05) is 6.61 Å². The fourth-order valence-corrected chi connectivity index (χ4v) is 3.35. The van der Waals surface area contributed by atoms with Crippen molar-refractivity contribution in [1.82, 2.24) is 14.8 Å². The first-order valence-electron chi connectivity index (χ1n) is 6.28. The number of hydrogen-bond acceptors (Lipinski definition) is 5. The number of carbonyl (C=O) groups is 1. The molecule has 1 atom stereocenters. The van der Waals surface area contributed by atoms with E-state index in [0.717, 1.165) is 11.1 Å². The van der Waals surface area contributed by atoms with E-state index in [4.69, 9.17) is 5.11 Å². The lowest BCUT2D eigenvalue weighted by Gasteiger charge is -2.12. The summed E-state index contributed by atoms with van der Waals surface area (Å²) in [5, 5.41) is 23.5. The van der Waals surface area contributed by atoms with Gasteiger partial charge in [0.2, 0.25) is 0 Å². The lowest BCUT2D eigenvalue weighted by atomic mass is 10.2. The summed E-state index contributed by atoms with van der Waals surface area (Å²) >= 11 is 1.45. The fourth-order valence-electron chi connectivity index (χ4n) is 2.10. The van der Waals surface area contributed by atoms with Crippen LogP contribution in [-0.4, -0.2) is 42.8 Å². The number of nitrogens with zero attached hydrogens (tertiary/aromatic N) is 3. The van der Waals surface area contributed by atoms with Crippen LogP contribution in [0.2, 0.25) is 0 Å². The van der Waals surface area contributed by atoms with Gasteiger partial charge in [0.15, 0.2) is 5.65 Å². The molecule has 6 nitrogen and oxygen atoms in total. The van der Waals surface area contributed by atoms with Crippen LogP contribution in [0.5, 0.6) is 0 Å². The molecule has 20 heavy (non-hydrogen) atoms. The van der Waals surface area contributed by atoms with Crippen molar-refractivity contribution >= 4 is 28.8 Å². The molecule has 2 N–H and O–H groups in total. The summed E-state index contributed by atoms with van der Waals surface area (Å²) in [6, 6.07) is 0. The number of aryl methyl sites for hydroxylation is 2. The van der Waals surface area contributed by atoms with Crippen LogP contribution in [0.25, 0.3) is 11.0 Å². The molecule has 2 aromatic heterocycles. The van der Waals surface area contributed by atoms with E-state index < -0.39 is 5.97 Å². The lowest BCUT2D eigenvalue weighted by Crippen LogP contribution is -2.05. The van der Waals surface area contributed by atoms with Crippen molar-refractivity contribution in [2.24, 2.45) is 7.05 Å². The molecule has 0 saturated heterocycles. The van der Waals surface area contributed by atoms with E-state index >= 15 is 0 Å². The van der Waals surface area contributed by atoms with Crippen LogP contribution in [-0.2, 0) is 7.05 Å². The zero-order valence-corrected chi connectivity index (χ0v) is 12.4. The molecule has 0 aliphatic heterocycles. The average Bonchev–Trinajstić information content (AvgIpc) is 2.65. The molecule has 0 saturated carbocycles. The zero-order valence-electron chi connectivity index (χ0n) is 11.6. The highest BCUT2D eigenvalue weighted by Crippen LogP contribution is 2.35. The first-order valence-corrected chi connectivity index (χ1v) is 7.16. The van der Waals surface area contributed by atoms with E-state index in [0.29, 0.717) is 17.0 Å². The van der Waals surface area contributed by atoms with Crippen molar-refractivity contribution in [3.8, 4) is 0 Å². The lowest BCUT2D eigenvalue weighted by molar-refractivity contribution is 0.0693. The van der Waals surface area contributed by atoms with E-state index in [1.807, 2.05) is 13.8 Å². The normalized spacial score (nSPS) is 12.8. The van der Waals surface area contributed by atoms with Crippen molar-refractivity contribution in [3.05, 3.63) is 17.5 Å². The van der Waals surface area contributed by atoms with Gasteiger partial charge in [0.1, 0.15) is 0 Å². The van der Waals surface area contributed by atoms with Gasteiger partial charge in [-0.15, -0.1) is 11.8 Å². The molecule has 2 aromatic rings. The molecule has 108 valence electrons. The topological polar surface area (TPSA) is 88.2 Å². The molecule has 0 aliphatic rings. The van der Waals surface area contributed by atoms with Crippen LogP contribution in [0.3, 0.4) is 0 Å². The summed E-state index contributed by atoms with van der Waals surface area (Å²) < 4.78 is 1.65. The highest BCUT2D eigenvalue weighted by molar-refractivity contribution is 8.00. The van der Waals surface area contributed by atoms with E-state index in [1.54, 1.807) is 11.7 Å². The SMILES string of the molecule is Cc1nn(C)c2ncc(C(=O)O)c(SC(C)CCO)c12. The monoisotopic (exact) mass is 295 g/mol. The van der Waals surface area contributed by atoms with Gasteiger partial charge >= 0.3 is 5.97 Å². The summed E-state index contributed by atoms with van der Waals surface area (Å²) in [5.74, 6) is -0.999. The first kappa shape index (κ1) is 14.8. The molecule has 2 heterocycles. The number of aromatic carboxylic acids is 1. The highest BCUT2D eigenvalue weighted by Gasteiger charge is 2.21. The van der Waals surface area contributed by atoms with Gasteiger partial charge < -0.3 is 10.2 Å². The smallest absolute Gasteiger partial charge is 0.338 e. The Morgan fingerprint density at radius 1 is 1.55 bits per heavy atom. The summed E-state index contributed by atoms with van der Waals surface area (Å²) in [6.45, 7) is 3.89. The third-order valence-electron chi connectivity index (χ3n) is 3.06. The summed E-state index contributed by atoms with van der Waals surface area (Å²) in [4.78, 5) is 16.3. The van der Waals surface area contributed by atoms with Crippen LogP contribution < -0.4 is 0 Å². The minimum absolute atomic E-state index is 0.0802. The molecular weight excluding hydrogens is 278 g/mol. The predicted octanol–water partition coefficient (Wildman–Crippen LogP) is 1.84. The number of aliphatic hydroxyl groups is 1. The minimum Gasteiger partial charge on any atom is -0.478 e. The molecule has 0 aromatic carbocycles. The Hall–Kier alpha value is -1.60. The molecular formula is C13H17N3O3S. The van der Waals surface area contributed by atoms with Crippen molar-refractivity contribution in [2.45, 2.75) is 30.4 Å². The van der Waals surface area contributed by atoms with Crippen molar-refractivity contribution in [3.63, 3.8) is 0 Å². The molecule has 1 unspecified atom stereocenters. The Balaban J connectivity index is 2.62. The van der Waals surface area contributed by atoms with Gasteiger partial charge in [-0.05, 0) is 13.3 Å². The van der Waals surface area contributed by atoms with Gasteiger partial charge in [0.25, 0.3) is 0 Å². The van der Waals surface area contributed by atoms with Crippen LogP contribution in [0.4, 0.5) is 0 Å². The Morgan fingerprint density at radius 3 is 2.85 bits per heavy atom. The Bertz CT molecular complexity index is 654. The van der Waals surface area contributed by atoms with E-state index in [9.17, 15) is 9.90 Å². The second-order valence-electron chi connectivity index (χ2n) is 4.65. The maximum absolute atomic E-state index is 11.4. The molecule has 0 spiro atoms. The van der Waals surface area contributed by atoms with Crippen LogP contribution in [0.1, 0.15) is 29.4 Å². The minimum atomic E-state index is -0.999. The molecule has 0 radical (unpaired) electrons. The van der Waals surface area contributed by atoms with Gasteiger partial charge in [0.05, 0.1) is 16.6 Å². The molecule has 7 heteroatoms. The Labute approximate surface area is 120 Å². The van der Waals surface area contributed by atoms with Gasteiger partial charge in [-0.25, -0.2) is 9.78 Å². The summed E-state index contributed by atoms with van der Waals surface area (Å²) in [7, 11) is 1.79. The predicted molar refractivity (Wildman–Crippen MR) is 77.2 cm³/mol. The van der Waals surface area contributed by atoms with Crippen molar-refractivity contribution < 1.29 is 15.0 Å². The van der Waals surface area contributed by atoms with Gasteiger partial charge in [-0.2, -0.15) is 5.10 Å². The number of pyridine rings is 1. The van der Waals surface area contributed by atoms with Crippen molar-refractivity contribution in [1.29, 1.82) is 0 Å². The third-order valence-corrected chi connectivity index (χ3v) is 4.36. The zero-order chi connectivity index (χ0) is 14.9. The quantitative estimate of drug-likeness (QED) is 0.818. The number of rotatable bonds is 5. The van der Waals surface area contributed by atoms with Gasteiger partial charge in [0, 0.05) is 30.0 Å². The number of hydrogen-bond donors (Lipinski definition) is 2. The molecule has 0 bridgehead atoms. The molecule has 2 rings (SSSR count). The summed E-state index contributed by atoms with van der Waals surface area (Å²) in [6.07, 6.45) is 1.98. The number of fused-ring (bicyclic) bond motifs is 1. The maximum Gasteiger partial charge on any atom is 0.338 e. The highest BCUT2D eigenvalue weighted by atomic mass is 32.2. The second-order valence-corrected chi connectivity index (χ2v) is 6.10. The third kappa shape index (κ3) is 2.64. The summed E-state index contributed by atoms with van der Waals surface area (Å²) in [5.41, 5.74) is 1.62. The van der Waals surface area contributed by atoms with Gasteiger partial charge in [-0.1, -0.05) is 6.92 Å². The first-order chi connectivity index (χ1) is 9.45. The molecule has 0 amide bonds. The van der Waals surface area contributed by atoms with E-state index in [1.165, 1.54) is 18.0 Å². The average molecular weight is 295 g/mol. The molecule has 0 fully saturated rings. The number of aliphatic hydroxyl groups excluding tert-OH is 1.